The van der Waals surface area contributed by atoms with Gasteiger partial charge in [-0.15, -0.1) is 0 Å². The normalized spacial score (nSPS) is 14.4. The second-order valence-corrected chi connectivity index (χ2v) is 7.53. The van der Waals surface area contributed by atoms with Crippen LogP contribution in [0.2, 0.25) is 0 Å². The highest BCUT2D eigenvalue weighted by atomic mass is 79.9. The number of ketones is 1. The highest BCUT2D eigenvalue weighted by Gasteiger charge is 2.20. The topological polar surface area (TPSA) is 32.7 Å². The van der Waals surface area contributed by atoms with Crippen molar-refractivity contribution in [2.24, 2.45) is 4.99 Å². The predicted octanol–water partition coefficient (Wildman–Crippen LogP) is 4.94. The van der Waals surface area contributed by atoms with Crippen molar-refractivity contribution >= 4 is 44.3 Å². The smallest absolute Gasteiger partial charge is 0.173 e. The molecule has 0 amide bonds. The van der Waals surface area contributed by atoms with Crippen LogP contribution in [-0.4, -0.2) is 29.8 Å². The van der Waals surface area contributed by atoms with E-state index in [2.05, 4.69) is 44.9 Å². The Hall–Kier alpha value is -1.59. The minimum atomic E-state index is 0.130. The van der Waals surface area contributed by atoms with Gasteiger partial charge in [-0.3, -0.25) is 9.79 Å². The lowest BCUT2D eigenvalue weighted by Gasteiger charge is -2.30. The van der Waals surface area contributed by atoms with Gasteiger partial charge in [-0.05, 0) is 37.1 Å². The number of halogens is 1. The van der Waals surface area contributed by atoms with Crippen LogP contribution in [0.4, 0.5) is 5.69 Å². The molecule has 0 radical (unpaired) electrons. The van der Waals surface area contributed by atoms with E-state index >= 15 is 0 Å². The van der Waals surface area contributed by atoms with Crippen molar-refractivity contribution in [2.45, 2.75) is 13.3 Å². The standard InChI is InChI=1S/C19H19BrN2OS/c1-14-5-2-3-6-17(14)22-12-4-11-21-19(22)24-13-18(23)15-7-9-16(20)10-8-15/h2-3,5-10H,4,11-13H2,1H3. The zero-order chi connectivity index (χ0) is 16.9. The number of aryl methyl sites for hydroxylation is 1. The van der Waals surface area contributed by atoms with Crippen LogP contribution in [-0.2, 0) is 0 Å². The average molecular weight is 403 g/mol. The third-order valence-corrected chi connectivity index (χ3v) is 5.47. The zero-order valence-electron chi connectivity index (χ0n) is 13.5. The molecule has 1 aliphatic rings. The van der Waals surface area contributed by atoms with E-state index in [9.17, 15) is 4.79 Å². The number of rotatable bonds is 4. The maximum absolute atomic E-state index is 12.4. The molecule has 0 saturated carbocycles. The largest absolute Gasteiger partial charge is 0.321 e. The Labute approximate surface area is 155 Å². The van der Waals surface area contributed by atoms with E-state index in [0.29, 0.717) is 5.75 Å². The van der Waals surface area contributed by atoms with Gasteiger partial charge in [-0.2, -0.15) is 0 Å². The minimum Gasteiger partial charge on any atom is -0.321 e. The number of carbonyl (C=O) groups is 1. The summed E-state index contributed by atoms with van der Waals surface area (Å²) in [5.74, 6) is 0.536. The molecular formula is C19H19BrN2OS. The van der Waals surface area contributed by atoms with Gasteiger partial charge in [-0.25, -0.2) is 0 Å². The fraction of sp³-hybridized carbons (Fsp3) is 0.263. The van der Waals surface area contributed by atoms with Gasteiger partial charge in [0.1, 0.15) is 0 Å². The van der Waals surface area contributed by atoms with Crippen molar-refractivity contribution in [3.63, 3.8) is 0 Å². The first kappa shape index (κ1) is 17.2. The lowest BCUT2D eigenvalue weighted by molar-refractivity contribution is 0.102. The fourth-order valence-corrected chi connectivity index (χ4v) is 3.87. The van der Waals surface area contributed by atoms with Crippen molar-refractivity contribution < 1.29 is 4.79 Å². The first-order chi connectivity index (χ1) is 11.6. The Morgan fingerprint density at radius 2 is 1.96 bits per heavy atom. The maximum atomic E-state index is 12.4. The SMILES string of the molecule is Cc1ccccc1N1CCCN=C1SCC(=O)c1ccc(Br)cc1. The van der Waals surface area contributed by atoms with E-state index in [-0.39, 0.29) is 5.78 Å². The first-order valence-electron chi connectivity index (χ1n) is 7.94. The molecule has 124 valence electrons. The van der Waals surface area contributed by atoms with Crippen molar-refractivity contribution in [1.29, 1.82) is 0 Å². The summed E-state index contributed by atoms with van der Waals surface area (Å²) in [5.41, 5.74) is 3.15. The number of hydrogen-bond donors (Lipinski definition) is 0. The molecule has 0 N–H and O–H groups in total. The lowest BCUT2D eigenvalue weighted by Crippen LogP contribution is -2.34. The zero-order valence-corrected chi connectivity index (χ0v) is 15.9. The molecule has 0 bridgehead atoms. The van der Waals surface area contributed by atoms with Crippen molar-refractivity contribution in [1.82, 2.24) is 0 Å². The summed E-state index contributed by atoms with van der Waals surface area (Å²) < 4.78 is 0.981. The third kappa shape index (κ3) is 4.08. The minimum absolute atomic E-state index is 0.130. The molecule has 3 nitrogen and oxygen atoms in total. The molecule has 0 spiro atoms. The van der Waals surface area contributed by atoms with Gasteiger partial charge in [0.05, 0.1) is 5.75 Å². The Balaban J connectivity index is 1.71. The van der Waals surface area contributed by atoms with Crippen LogP contribution in [0.25, 0.3) is 0 Å². The average Bonchev–Trinajstić information content (AvgIpc) is 2.61. The molecule has 2 aromatic rings. The van der Waals surface area contributed by atoms with Crippen LogP contribution in [0.3, 0.4) is 0 Å². The van der Waals surface area contributed by atoms with E-state index in [1.807, 2.05) is 36.4 Å². The highest BCUT2D eigenvalue weighted by molar-refractivity contribution is 9.10. The van der Waals surface area contributed by atoms with E-state index in [0.717, 1.165) is 34.7 Å². The number of Topliss-reactive ketones (excluding diaryl/α,β-unsaturated/α-hetero) is 1. The second-order valence-electron chi connectivity index (χ2n) is 5.67. The quantitative estimate of drug-likeness (QED) is 0.678. The summed E-state index contributed by atoms with van der Waals surface area (Å²) in [6.45, 7) is 3.89. The monoisotopic (exact) mass is 402 g/mol. The van der Waals surface area contributed by atoms with Crippen LogP contribution in [0.1, 0.15) is 22.3 Å². The van der Waals surface area contributed by atoms with Gasteiger partial charge in [0.2, 0.25) is 0 Å². The molecule has 2 aromatic carbocycles. The number of carbonyl (C=O) groups excluding carboxylic acids is 1. The summed E-state index contributed by atoms with van der Waals surface area (Å²) in [4.78, 5) is 19.3. The van der Waals surface area contributed by atoms with Gasteiger partial charge in [-0.1, -0.05) is 58.0 Å². The Bertz CT molecular complexity index is 758. The number of para-hydroxylation sites is 1. The molecule has 0 atom stereocenters. The van der Waals surface area contributed by atoms with Crippen molar-refractivity contribution in [3.05, 3.63) is 64.1 Å². The van der Waals surface area contributed by atoms with Crippen LogP contribution < -0.4 is 4.90 Å². The summed E-state index contributed by atoms with van der Waals surface area (Å²) in [6, 6.07) is 15.8. The second kappa shape index (κ2) is 7.99. The van der Waals surface area contributed by atoms with Gasteiger partial charge < -0.3 is 4.90 Å². The number of amidine groups is 1. The molecule has 24 heavy (non-hydrogen) atoms. The molecule has 0 aromatic heterocycles. The molecule has 0 fully saturated rings. The van der Waals surface area contributed by atoms with Crippen molar-refractivity contribution in [3.8, 4) is 0 Å². The van der Waals surface area contributed by atoms with Crippen LogP contribution in [0, 0.1) is 6.92 Å². The molecule has 0 saturated heterocycles. The van der Waals surface area contributed by atoms with Crippen LogP contribution in [0.5, 0.6) is 0 Å². The highest BCUT2D eigenvalue weighted by Crippen LogP contribution is 2.26. The number of nitrogens with zero attached hydrogens (tertiary/aromatic N) is 2. The summed E-state index contributed by atoms with van der Waals surface area (Å²) in [6.07, 6.45) is 1.04. The van der Waals surface area contributed by atoms with Crippen LogP contribution >= 0.6 is 27.7 Å². The van der Waals surface area contributed by atoms with Crippen LogP contribution in [0.15, 0.2) is 58.0 Å². The summed E-state index contributed by atoms with van der Waals surface area (Å²) >= 11 is 4.93. The molecule has 3 rings (SSSR count). The third-order valence-electron chi connectivity index (χ3n) is 3.92. The van der Waals surface area contributed by atoms with E-state index in [1.165, 1.54) is 23.0 Å². The molecule has 1 aliphatic heterocycles. The first-order valence-corrected chi connectivity index (χ1v) is 9.72. The Kier molecular flexibility index (Phi) is 5.74. The molecular weight excluding hydrogens is 384 g/mol. The fourth-order valence-electron chi connectivity index (χ4n) is 2.65. The molecule has 0 aliphatic carbocycles. The molecule has 5 heteroatoms. The number of thioether (sulfide) groups is 1. The number of hydrogen-bond acceptors (Lipinski definition) is 4. The predicted molar refractivity (Wildman–Crippen MR) is 106 cm³/mol. The lowest BCUT2D eigenvalue weighted by atomic mass is 10.1. The number of anilines is 1. The van der Waals surface area contributed by atoms with E-state index in [4.69, 9.17) is 0 Å². The van der Waals surface area contributed by atoms with Gasteiger partial charge in [0, 0.05) is 28.8 Å². The van der Waals surface area contributed by atoms with E-state index in [1.54, 1.807) is 0 Å². The maximum Gasteiger partial charge on any atom is 0.173 e. The van der Waals surface area contributed by atoms with E-state index < -0.39 is 0 Å². The van der Waals surface area contributed by atoms with Gasteiger partial charge in [0.15, 0.2) is 11.0 Å². The summed E-state index contributed by atoms with van der Waals surface area (Å²) in [7, 11) is 0. The Morgan fingerprint density at radius 1 is 1.21 bits per heavy atom. The molecule has 1 heterocycles. The van der Waals surface area contributed by atoms with Gasteiger partial charge >= 0.3 is 0 Å². The van der Waals surface area contributed by atoms with Gasteiger partial charge in [0.25, 0.3) is 0 Å². The molecule has 0 unspecified atom stereocenters. The number of benzene rings is 2. The van der Waals surface area contributed by atoms with Crippen molar-refractivity contribution in [2.75, 3.05) is 23.7 Å². The summed E-state index contributed by atoms with van der Waals surface area (Å²) in [5, 5.41) is 0.945. The Morgan fingerprint density at radius 3 is 2.71 bits per heavy atom. The number of aliphatic imine (C=N–C) groups is 1.